The van der Waals surface area contributed by atoms with Crippen LogP contribution in [0.3, 0.4) is 0 Å². The molecule has 2 nitrogen and oxygen atoms in total. The molecule has 1 fully saturated rings. The molecule has 0 aromatic heterocycles. The predicted octanol–water partition coefficient (Wildman–Crippen LogP) is 3.89. The number of benzene rings is 1. The number of halogens is 1. The van der Waals surface area contributed by atoms with E-state index in [1.807, 2.05) is 18.2 Å². The van der Waals surface area contributed by atoms with Crippen LogP contribution in [0.25, 0.3) is 0 Å². The Morgan fingerprint density at radius 3 is 2.59 bits per heavy atom. The van der Waals surface area contributed by atoms with E-state index < -0.39 is 0 Å². The minimum Gasteiger partial charge on any atom is -0.371 e. The number of hydrogen-bond acceptors (Lipinski definition) is 2. The first kappa shape index (κ1) is 12.6. The zero-order valence-corrected chi connectivity index (χ0v) is 12.1. The van der Waals surface area contributed by atoms with Crippen molar-refractivity contribution >= 4 is 27.4 Å². The molecule has 1 aliphatic carbocycles. The van der Waals surface area contributed by atoms with E-state index in [9.17, 15) is 4.79 Å². The fourth-order valence-electron chi connectivity index (χ4n) is 2.13. The highest BCUT2D eigenvalue weighted by Gasteiger charge is 2.31. The molecule has 1 saturated carbocycles. The second-order valence-electron chi connectivity index (χ2n) is 4.91. The predicted molar refractivity (Wildman–Crippen MR) is 74.7 cm³/mol. The summed E-state index contributed by atoms with van der Waals surface area (Å²) >= 11 is 3.56. The Balaban J connectivity index is 2.23. The van der Waals surface area contributed by atoms with Crippen molar-refractivity contribution in [1.82, 2.24) is 0 Å². The molecule has 0 N–H and O–H groups in total. The average Bonchev–Trinajstić information content (AvgIpc) is 3.10. The molecule has 0 heterocycles. The van der Waals surface area contributed by atoms with E-state index in [0.29, 0.717) is 6.04 Å². The number of anilines is 1. The molecule has 1 aromatic carbocycles. The Kier molecular flexibility index (Phi) is 3.57. The molecule has 1 aromatic rings. The third kappa shape index (κ3) is 2.71. The Morgan fingerprint density at radius 2 is 2.12 bits per heavy atom. The van der Waals surface area contributed by atoms with Crippen LogP contribution in [0.5, 0.6) is 0 Å². The van der Waals surface area contributed by atoms with Crippen LogP contribution in [0.2, 0.25) is 0 Å². The van der Waals surface area contributed by atoms with Crippen LogP contribution < -0.4 is 4.90 Å². The van der Waals surface area contributed by atoms with Crippen LogP contribution in [0, 0.1) is 5.92 Å². The van der Waals surface area contributed by atoms with Crippen molar-refractivity contribution < 1.29 is 4.79 Å². The van der Waals surface area contributed by atoms with Gasteiger partial charge in [0.25, 0.3) is 0 Å². The monoisotopic (exact) mass is 295 g/mol. The minimum atomic E-state index is 0.107. The summed E-state index contributed by atoms with van der Waals surface area (Å²) in [5.74, 6) is 0.939. The van der Waals surface area contributed by atoms with Gasteiger partial charge in [-0.05, 0) is 66.7 Å². The highest BCUT2D eigenvalue weighted by molar-refractivity contribution is 9.10. The van der Waals surface area contributed by atoms with Gasteiger partial charge in [-0.15, -0.1) is 0 Å². The Labute approximate surface area is 111 Å². The van der Waals surface area contributed by atoms with Gasteiger partial charge in [0.05, 0.1) is 5.69 Å². The maximum Gasteiger partial charge on any atom is 0.159 e. The van der Waals surface area contributed by atoms with Crippen LogP contribution in [-0.2, 0) is 0 Å². The fourth-order valence-corrected chi connectivity index (χ4v) is 2.78. The van der Waals surface area contributed by atoms with E-state index in [1.165, 1.54) is 12.8 Å². The van der Waals surface area contributed by atoms with E-state index in [-0.39, 0.29) is 5.78 Å². The molecule has 1 atom stereocenters. The second-order valence-corrected chi connectivity index (χ2v) is 5.77. The van der Waals surface area contributed by atoms with Crippen molar-refractivity contribution in [3.63, 3.8) is 0 Å². The van der Waals surface area contributed by atoms with Crippen LogP contribution >= 0.6 is 15.9 Å². The fraction of sp³-hybridized carbons (Fsp3) is 0.500. The zero-order chi connectivity index (χ0) is 12.6. The van der Waals surface area contributed by atoms with Gasteiger partial charge in [-0.2, -0.15) is 0 Å². The van der Waals surface area contributed by atoms with Crippen LogP contribution in [0.15, 0.2) is 22.7 Å². The molecule has 0 saturated heterocycles. The summed E-state index contributed by atoms with van der Waals surface area (Å²) in [6, 6.07) is 6.40. The summed E-state index contributed by atoms with van der Waals surface area (Å²) in [5.41, 5.74) is 1.92. The van der Waals surface area contributed by atoms with Gasteiger partial charge in [-0.1, -0.05) is 0 Å². The summed E-state index contributed by atoms with van der Waals surface area (Å²) in [7, 11) is 2.12. The lowest BCUT2D eigenvalue weighted by atomic mass is 10.1. The number of ketones is 1. The molecule has 3 heteroatoms. The van der Waals surface area contributed by atoms with Gasteiger partial charge in [0, 0.05) is 23.1 Å². The standard InChI is InChI=1S/C14H18BrNO/c1-9(11-4-5-11)16(3)14-7-6-12(10(2)17)8-13(14)15/h6-9,11H,4-5H2,1-3H3. The molecular formula is C14H18BrNO. The summed E-state index contributed by atoms with van der Waals surface area (Å²) in [4.78, 5) is 13.6. The number of carbonyl (C=O) groups is 1. The Hall–Kier alpha value is -0.830. The average molecular weight is 296 g/mol. The van der Waals surface area contributed by atoms with Crippen LogP contribution in [0.4, 0.5) is 5.69 Å². The smallest absolute Gasteiger partial charge is 0.159 e. The molecule has 1 unspecified atom stereocenters. The quantitative estimate of drug-likeness (QED) is 0.786. The summed E-state index contributed by atoms with van der Waals surface area (Å²) in [6.45, 7) is 3.86. The van der Waals surface area contributed by atoms with E-state index in [2.05, 4.69) is 34.8 Å². The maximum atomic E-state index is 11.3. The Bertz CT molecular complexity index is 440. The van der Waals surface area contributed by atoms with Crippen LogP contribution in [0.1, 0.15) is 37.0 Å². The number of Topliss-reactive ketones (excluding diaryl/α,β-unsaturated/α-hetero) is 1. The SMILES string of the molecule is CC(=O)c1ccc(N(C)C(C)C2CC2)c(Br)c1. The molecule has 0 amide bonds. The summed E-state index contributed by atoms with van der Waals surface area (Å²) in [5, 5.41) is 0. The lowest BCUT2D eigenvalue weighted by molar-refractivity contribution is 0.101. The van der Waals surface area contributed by atoms with E-state index in [0.717, 1.165) is 21.6 Å². The summed E-state index contributed by atoms with van der Waals surface area (Å²) in [6.07, 6.45) is 2.68. The number of carbonyl (C=O) groups excluding carboxylic acids is 1. The highest BCUT2D eigenvalue weighted by atomic mass is 79.9. The molecule has 17 heavy (non-hydrogen) atoms. The van der Waals surface area contributed by atoms with E-state index >= 15 is 0 Å². The van der Waals surface area contributed by atoms with Gasteiger partial charge in [0.15, 0.2) is 5.78 Å². The normalized spacial score (nSPS) is 16.7. The summed E-state index contributed by atoms with van der Waals surface area (Å²) < 4.78 is 1.00. The van der Waals surface area contributed by atoms with Crippen LogP contribution in [-0.4, -0.2) is 18.9 Å². The number of rotatable bonds is 4. The second kappa shape index (κ2) is 4.81. The molecule has 92 valence electrons. The first-order valence-corrected chi connectivity index (χ1v) is 6.83. The zero-order valence-electron chi connectivity index (χ0n) is 10.5. The molecule has 0 bridgehead atoms. The van der Waals surface area contributed by atoms with Crippen molar-refractivity contribution in [1.29, 1.82) is 0 Å². The first-order valence-electron chi connectivity index (χ1n) is 6.04. The van der Waals surface area contributed by atoms with Gasteiger partial charge in [-0.3, -0.25) is 4.79 Å². The molecule has 0 aliphatic heterocycles. The molecule has 1 aliphatic rings. The third-order valence-electron chi connectivity index (χ3n) is 3.65. The van der Waals surface area contributed by atoms with Gasteiger partial charge >= 0.3 is 0 Å². The van der Waals surface area contributed by atoms with Gasteiger partial charge in [0.1, 0.15) is 0 Å². The van der Waals surface area contributed by atoms with Gasteiger partial charge in [0.2, 0.25) is 0 Å². The third-order valence-corrected chi connectivity index (χ3v) is 4.28. The van der Waals surface area contributed by atoms with Crippen molar-refractivity contribution in [2.75, 3.05) is 11.9 Å². The van der Waals surface area contributed by atoms with E-state index in [1.54, 1.807) is 6.92 Å². The molecule has 2 rings (SSSR count). The molecule has 0 spiro atoms. The first-order chi connectivity index (χ1) is 8.00. The Morgan fingerprint density at radius 1 is 1.47 bits per heavy atom. The lowest BCUT2D eigenvalue weighted by Crippen LogP contribution is -2.30. The minimum absolute atomic E-state index is 0.107. The van der Waals surface area contributed by atoms with Crippen molar-refractivity contribution in [2.24, 2.45) is 5.92 Å². The molecular weight excluding hydrogens is 278 g/mol. The maximum absolute atomic E-state index is 11.3. The highest BCUT2D eigenvalue weighted by Crippen LogP contribution is 2.38. The van der Waals surface area contributed by atoms with Crippen molar-refractivity contribution in [3.05, 3.63) is 28.2 Å². The lowest BCUT2D eigenvalue weighted by Gasteiger charge is -2.28. The van der Waals surface area contributed by atoms with Gasteiger partial charge in [-0.25, -0.2) is 0 Å². The van der Waals surface area contributed by atoms with E-state index in [4.69, 9.17) is 0 Å². The molecule has 0 radical (unpaired) electrons. The van der Waals surface area contributed by atoms with Crippen molar-refractivity contribution in [2.45, 2.75) is 32.7 Å². The van der Waals surface area contributed by atoms with Crippen molar-refractivity contribution in [3.8, 4) is 0 Å². The van der Waals surface area contributed by atoms with Gasteiger partial charge < -0.3 is 4.90 Å². The topological polar surface area (TPSA) is 20.3 Å². The largest absolute Gasteiger partial charge is 0.371 e. The number of hydrogen-bond donors (Lipinski definition) is 0. The number of nitrogens with zero attached hydrogens (tertiary/aromatic N) is 1.